The summed E-state index contributed by atoms with van der Waals surface area (Å²) in [5, 5.41) is 10.4. The summed E-state index contributed by atoms with van der Waals surface area (Å²) in [6, 6.07) is 0. The van der Waals surface area contributed by atoms with Crippen molar-refractivity contribution in [2.75, 3.05) is 13.2 Å². The van der Waals surface area contributed by atoms with E-state index in [0.29, 0.717) is 6.42 Å². The van der Waals surface area contributed by atoms with Gasteiger partial charge < -0.3 is 24.1 Å². The molecule has 0 radical (unpaired) electrons. The summed E-state index contributed by atoms with van der Waals surface area (Å²) < 4.78 is 23.6. The van der Waals surface area contributed by atoms with Crippen LogP contribution in [0.15, 0.2) is 0 Å². The predicted molar refractivity (Wildman–Crippen MR) is 257 cm³/mol. The first-order valence-corrected chi connectivity index (χ1v) is 27.3. The lowest BCUT2D eigenvalue weighted by Gasteiger charge is -2.28. The van der Waals surface area contributed by atoms with Crippen molar-refractivity contribution >= 4 is 17.9 Å². The molecule has 1 fully saturated rings. The Kier molecular flexibility index (Phi) is 41.9. The highest BCUT2D eigenvalue weighted by Crippen LogP contribution is 2.27. The lowest BCUT2D eigenvalue weighted by atomic mass is 10.0. The normalized spacial score (nSPS) is 16.7. The van der Waals surface area contributed by atoms with Crippen LogP contribution in [0.4, 0.5) is 0 Å². The minimum absolute atomic E-state index is 0.0264. The van der Waals surface area contributed by atoms with Crippen molar-refractivity contribution in [1.29, 1.82) is 0 Å². The summed E-state index contributed by atoms with van der Waals surface area (Å²) in [5.74, 6) is -1.10. The van der Waals surface area contributed by atoms with E-state index in [0.717, 1.165) is 57.8 Å². The first kappa shape index (κ1) is 58.3. The molecule has 0 aromatic rings. The summed E-state index contributed by atoms with van der Waals surface area (Å²) >= 11 is 0. The summed E-state index contributed by atoms with van der Waals surface area (Å²) in [6.07, 6.45) is 45.0. The summed E-state index contributed by atoms with van der Waals surface area (Å²) in [7, 11) is 0. The minimum Gasteiger partial charge on any atom is -0.457 e. The van der Waals surface area contributed by atoms with Crippen LogP contribution in [0.1, 0.15) is 290 Å². The standard InChI is InChI=1S/C54H102O8/c1-4-7-10-13-16-19-22-25-28-31-34-37-40-43-50(56)60-48(46-55)53-54(62-52(58)45-42-39-36-33-30-27-24-21-18-15-12-9-6-3)49(47-59-53)61-51(57)44-41-38-35-32-29-26-23-20-17-14-11-8-5-2/h48-49,53-55H,4-47H2,1-3H3. The number of hydrogen-bond acceptors (Lipinski definition) is 8. The van der Waals surface area contributed by atoms with Gasteiger partial charge in [0.25, 0.3) is 0 Å². The fourth-order valence-electron chi connectivity index (χ4n) is 8.91. The lowest BCUT2D eigenvalue weighted by Crippen LogP contribution is -2.46. The van der Waals surface area contributed by atoms with E-state index in [1.54, 1.807) is 0 Å². The van der Waals surface area contributed by atoms with Gasteiger partial charge >= 0.3 is 17.9 Å². The second kappa shape index (κ2) is 44.5. The largest absolute Gasteiger partial charge is 0.457 e. The third-order valence-electron chi connectivity index (χ3n) is 13.0. The minimum atomic E-state index is -1.01. The number of aliphatic hydroxyl groups excluding tert-OH is 1. The van der Waals surface area contributed by atoms with E-state index in [2.05, 4.69) is 20.8 Å². The van der Waals surface area contributed by atoms with E-state index in [-0.39, 0.29) is 31.4 Å². The molecule has 4 atom stereocenters. The number of aliphatic hydroxyl groups is 1. The van der Waals surface area contributed by atoms with Crippen LogP contribution >= 0.6 is 0 Å². The Morgan fingerprint density at radius 1 is 0.419 bits per heavy atom. The molecule has 1 N–H and O–H groups in total. The zero-order valence-electron chi connectivity index (χ0n) is 41.2. The van der Waals surface area contributed by atoms with Crippen LogP contribution in [0.3, 0.4) is 0 Å². The van der Waals surface area contributed by atoms with E-state index in [4.69, 9.17) is 18.9 Å². The number of carbonyl (C=O) groups excluding carboxylic acids is 3. The molecule has 0 amide bonds. The SMILES string of the molecule is CCCCCCCCCCCCCCCC(=O)OC(CO)C1OCC(OC(=O)CCCCCCCCCCCCCCC)C1OC(=O)CCCCCCCCCCCCCCC. The van der Waals surface area contributed by atoms with E-state index in [1.165, 1.54) is 193 Å². The van der Waals surface area contributed by atoms with Crippen molar-refractivity contribution < 1.29 is 38.4 Å². The van der Waals surface area contributed by atoms with E-state index < -0.39 is 37.0 Å². The molecule has 0 aliphatic carbocycles. The molecule has 0 bridgehead atoms. The van der Waals surface area contributed by atoms with Crippen molar-refractivity contribution in [2.45, 2.75) is 315 Å². The molecule has 0 spiro atoms. The zero-order valence-corrected chi connectivity index (χ0v) is 41.2. The molecule has 1 rings (SSSR count). The molecule has 1 aliphatic rings. The fourth-order valence-corrected chi connectivity index (χ4v) is 8.91. The molecule has 8 heteroatoms. The van der Waals surface area contributed by atoms with Gasteiger partial charge in [0.15, 0.2) is 18.3 Å². The van der Waals surface area contributed by atoms with Crippen LogP contribution in [0.5, 0.6) is 0 Å². The summed E-state index contributed by atoms with van der Waals surface area (Å²) in [5.41, 5.74) is 0. The maximum Gasteiger partial charge on any atom is 0.306 e. The molecule has 8 nitrogen and oxygen atoms in total. The molecule has 0 aromatic carbocycles. The molecular weight excluding hydrogens is 777 g/mol. The monoisotopic (exact) mass is 879 g/mol. The molecule has 366 valence electrons. The average Bonchev–Trinajstić information content (AvgIpc) is 3.65. The molecule has 1 aliphatic heterocycles. The molecule has 0 aromatic heterocycles. The third-order valence-corrected chi connectivity index (χ3v) is 13.0. The Labute approximate surface area is 383 Å². The van der Waals surface area contributed by atoms with Crippen LogP contribution in [-0.2, 0) is 33.3 Å². The van der Waals surface area contributed by atoms with Crippen molar-refractivity contribution in [2.24, 2.45) is 0 Å². The smallest absolute Gasteiger partial charge is 0.306 e. The lowest BCUT2D eigenvalue weighted by molar-refractivity contribution is -0.175. The number of hydrogen-bond donors (Lipinski definition) is 1. The maximum absolute atomic E-state index is 13.2. The molecule has 1 heterocycles. The van der Waals surface area contributed by atoms with Crippen molar-refractivity contribution in [3.8, 4) is 0 Å². The number of unbranched alkanes of at least 4 members (excludes halogenated alkanes) is 36. The van der Waals surface area contributed by atoms with Crippen LogP contribution in [-0.4, -0.2) is 60.6 Å². The van der Waals surface area contributed by atoms with Crippen LogP contribution < -0.4 is 0 Å². The molecule has 1 saturated heterocycles. The predicted octanol–water partition coefficient (Wildman–Crippen LogP) is 15.6. The number of carbonyl (C=O) groups is 3. The highest BCUT2D eigenvalue weighted by molar-refractivity contribution is 5.71. The van der Waals surface area contributed by atoms with Gasteiger partial charge in [0, 0.05) is 19.3 Å². The van der Waals surface area contributed by atoms with Gasteiger partial charge in [-0.3, -0.25) is 14.4 Å². The van der Waals surface area contributed by atoms with Gasteiger partial charge in [-0.05, 0) is 19.3 Å². The Bertz CT molecular complexity index is 1000. The van der Waals surface area contributed by atoms with Crippen LogP contribution in [0.2, 0.25) is 0 Å². The Balaban J connectivity index is 2.50. The van der Waals surface area contributed by atoms with Crippen molar-refractivity contribution in [3.05, 3.63) is 0 Å². The summed E-state index contributed by atoms with van der Waals surface area (Å²) in [6.45, 7) is 6.33. The average molecular weight is 879 g/mol. The van der Waals surface area contributed by atoms with Gasteiger partial charge in [-0.2, -0.15) is 0 Å². The maximum atomic E-state index is 13.2. The van der Waals surface area contributed by atoms with Crippen molar-refractivity contribution in [3.63, 3.8) is 0 Å². The van der Waals surface area contributed by atoms with E-state index in [1.807, 2.05) is 0 Å². The second-order valence-corrected chi connectivity index (χ2v) is 19.0. The Morgan fingerprint density at radius 3 is 1.00 bits per heavy atom. The van der Waals surface area contributed by atoms with Gasteiger partial charge in [0.2, 0.25) is 0 Å². The Morgan fingerprint density at radius 2 is 0.694 bits per heavy atom. The zero-order chi connectivity index (χ0) is 45.0. The van der Waals surface area contributed by atoms with E-state index >= 15 is 0 Å². The van der Waals surface area contributed by atoms with Crippen LogP contribution in [0, 0.1) is 0 Å². The van der Waals surface area contributed by atoms with Gasteiger partial charge in [-0.1, -0.05) is 252 Å². The van der Waals surface area contributed by atoms with Gasteiger partial charge in [-0.15, -0.1) is 0 Å². The second-order valence-electron chi connectivity index (χ2n) is 19.0. The number of esters is 3. The highest BCUT2D eigenvalue weighted by Gasteiger charge is 2.47. The first-order valence-electron chi connectivity index (χ1n) is 27.3. The Hall–Kier alpha value is -1.67. The summed E-state index contributed by atoms with van der Waals surface area (Å²) in [4.78, 5) is 39.1. The van der Waals surface area contributed by atoms with Gasteiger partial charge in [-0.25, -0.2) is 0 Å². The fraction of sp³-hybridized carbons (Fsp3) is 0.944. The van der Waals surface area contributed by atoms with Gasteiger partial charge in [0.1, 0.15) is 6.10 Å². The highest BCUT2D eigenvalue weighted by atomic mass is 16.6. The molecule has 62 heavy (non-hydrogen) atoms. The van der Waals surface area contributed by atoms with Gasteiger partial charge in [0.05, 0.1) is 13.2 Å². The molecule has 0 saturated carbocycles. The third kappa shape index (κ3) is 34.7. The first-order chi connectivity index (χ1) is 30.5. The van der Waals surface area contributed by atoms with Crippen molar-refractivity contribution in [1.82, 2.24) is 0 Å². The quantitative estimate of drug-likeness (QED) is 0.0366. The topological polar surface area (TPSA) is 108 Å². The van der Waals surface area contributed by atoms with Crippen LogP contribution in [0.25, 0.3) is 0 Å². The number of ether oxygens (including phenoxy) is 4. The van der Waals surface area contributed by atoms with E-state index in [9.17, 15) is 19.5 Å². The molecular formula is C54H102O8. The number of rotatable bonds is 47. The molecule has 4 unspecified atom stereocenters.